The molecule has 1 rings (SSSR count). The molecule has 0 saturated heterocycles. The summed E-state index contributed by atoms with van der Waals surface area (Å²) in [5.74, 6) is 5.83. The first-order chi connectivity index (χ1) is 9.09. The lowest BCUT2D eigenvalue weighted by Crippen LogP contribution is -2.27. The Morgan fingerprint density at radius 3 is 2.79 bits per heavy atom. The van der Waals surface area contributed by atoms with Crippen molar-refractivity contribution in [1.82, 2.24) is 9.99 Å². The lowest BCUT2D eigenvalue weighted by molar-refractivity contribution is -0.111. The quantitative estimate of drug-likeness (QED) is 0.326. The number of carbonyl (C=O) groups is 1. The largest absolute Gasteiger partial charge is 0.396 e. The normalized spacial score (nSPS) is 11.4. The van der Waals surface area contributed by atoms with Crippen LogP contribution in [0.5, 0.6) is 0 Å². The van der Waals surface area contributed by atoms with Crippen molar-refractivity contribution in [3.05, 3.63) is 36.3 Å². The van der Waals surface area contributed by atoms with Gasteiger partial charge in [-0.2, -0.15) is 0 Å². The summed E-state index contributed by atoms with van der Waals surface area (Å²) in [5.41, 5.74) is 7.31. The molecule has 6 heteroatoms. The molecule has 0 amide bonds. The summed E-state index contributed by atoms with van der Waals surface area (Å²) in [7, 11) is 2.19. The molecule has 5 nitrogen and oxygen atoms in total. The molecule has 0 saturated carbocycles. The van der Waals surface area contributed by atoms with E-state index in [0.717, 1.165) is 19.3 Å². The predicted octanol–water partition coefficient (Wildman–Crippen LogP) is 1.48. The van der Waals surface area contributed by atoms with E-state index in [4.69, 9.17) is 11.6 Å². The molecule has 1 unspecified atom stereocenters. The second-order valence-corrected chi connectivity index (χ2v) is 4.96. The Morgan fingerprint density at radius 1 is 1.37 bits per heavy atom. The van der Waals surface area contributed by atoms with Gasteiger partial charge in [0.2, 0.25) is 0 Å². The molecule has 0 spiro atoms. The summed E-state index contributed by atoms with van der Waals surface area (Å²) in [6.07, 6.45) is 6.79. The van der Waals surface area contributed by atoms with E-state index < -0.39 is 0 Å². The summed E-state index contributed by atoms with van der Waals surface area (Å²) in [6, 6.07) is 5.55. The summed E-state index contributed by atoms with van der Waals surface area (Å²) in [6.45, 7) is 0.707. The van der Waals surface area contributed by atoms with Crippen molar-refractivity contribution in [3.8, 4) is 0 Å². The molecule has 1 aromatic heterocycles. The van der Waals surface area contributed by atoms with Gasteiger partial charge in [-0.25, -0.2) is 5.84 Å². The third-order valence-corrected chi connectivity index (χ3v) is 2.89. The molecule has 0 fully saturated rings. The third kappa shape index (κ3) is 6.89. The van der Waals surface area contributed by atoms with Gasteiger partial charge in [-0.15, -0.1) is 0 Å². The second kappa shape index (κ2) is 8.62. The van der Waals surface area contributed by atoms with Crippen molar-refractivity contribution in [1.29, 1.82) is 0 Å². The van der Waals surface area contributed by atoms with Crippen molar-refractivity contribution >= 4 is 20.5 Å². The molecule has 4 N–H and O–H groups in total. The smallest absolute Gasteiger partial charge is 0.148 e. The van der Waals surface area contributed by atoms with Crippen molar-refractivity contribution in [3.63, 3.8) is 0 Å². The Hall–Kier alpha value is -1.45. The minimum atomic E-state index is 0.156. The summed E-state index contributed by atoms with van der Waals surface area (Å²) >= 11 is 0. The first-order valence-electron chi connectivity index (χ1n) is 6.28. The van der Waals surface area contributed by atoms with Gasteiger partial charge >= 0.3 is 0 Å². The fraction of sp³-hybridized carbons (Fsp3) is 0.385. The van der Waals surface area contributed by atoms with E-state index in [-0.39, 0.29) is 5.52 Å². The minimum Gasteiger partial charge on any atom is -0.396 e. The van der Waals surface area contributed by atoms with Gasteiger partial charge in [-0.3, -0.25) is 9.78 Å². The lowest BCUT2D eigenvalue weighted by Gasteiger charge is -2.14. The van der Waals surface area contributed by atoms with Gasteiger partial charge in [0.25, 0.3) is 0 Å². The van der Waals surface area contributed by atoms with Crippen LogP contribution >= 0.6 is 9.24 Å². The number of hydrazine groups is 1. The van der Waals surface area contributed by atoms with Gasteiger partial charge in [0.1, 0.15) is 5.52 Å². The van der Waals surface area contributed by atoms with Crippen LogP contribution in [0.4, 0.5) is 0 Å². The van der Waals surface area contributed by atoms with Crippen molar-refractivity contribution in [2.24, 2.45) is 11.6 Å². The fourth-order valence-electron chi connectivity index (χ4n) is 1.61. The fourth-order valence-corrected chi connectivity index (χ4v) is 1.82. The topological polar surface area (TPSA) is 85.2 Å². The molecule has 104 valence electrons. The lowest BCUT2D eigenvalue weighted by atomic mass is 10.2. The first kappa shape index (κ1) is 15.6. The maximum absolute atomic E-state index is 10.7. The molecule has 0 aliphatic rings. The molecule has 0 bridgehead atoms. The van der Waals surface area contributed by atoms with Crippen LogP contribution < -0.4 is 11.6 Å². The number of carbonyl (C=O) groups excluding carboxylic acids is 1. The zero-order valence-electron chi connectivity index (χ0n) is 11.0. The number of aromatic nitrogens is 1. The molecular weight excluding hydrogens is 259 g/mol. The van der Waals surface area contributed by atoms with E-state index in [1.165, 1.54) is 0 Å². The number of nitrogens with two attached hydrogens (primary N) is 2. The van der Waals surface area contributed by atoms with Gasteiger partial charge in [-0.05, 0) is 25.0 Å². The monoisotopic (exact) mass is 280 g/mol. The average molecular weight is 280 g/mol. The number of nitrogens with zero attached hydrogens (tertiary/aromatic N) is 2. The second-order valence-electron chi connectivity index (χ2n) is 4.31. The highest BCUT2D eigenvalue weighted by Gasteiger charge is 2.00. The standard InChI is InChI=1S/C13H21N4OP/c14-11(12-6-3-4-8-16-12)10-17(15)9-5-1-2-7-13(18)19/h3-4,6,8,10H,1-2,5,7,9,14-15,19H2/b11-10-. The molecule has 0 aliphatic heterocycles. The molecule has 1 atom stereocenters. The van der Waals surface area contributed by atoms with Crippen molar-refractivity contribution in [2.45, 2.75) is 25.7 Å². The van der Waals surface area contributed by atoms with Gasteiger partial charge in [0.15, 0.2) is 0 Å². The van der Waals surface area contributed by atoms with Crippen molar-refractivity contribution in [2.75, 3.05) is 6.54 Å². The summed E-state index contributed by atoms with van der Waals surface area (Å²) in [4.78, 5) is 14.9. The highest BCUT2D eigenvalue weighted by Crippen LogP contribution is 2.07. The van der Waals surface area contributed by atoms with Gasteiger partial charge in [0, 0.05) is 25.4 Å². The molecular formula is C13H21N4OP. The van der Waals surface area contributed by atoms with E-state index in [1.807, 2.05) is 18.2 Å². The zero-order chi connectivity index (χ0) is 14.1. The maximum atomic E-state index is 10.7. The van der Waals surface area contributed by atoms with E-state index >= 15 is 0 Å². The van der Waals surface area contributed by atoms with Crippen LogP contribution in [0, 0.1) is 0 Å². The molecule has 0 aliphatic carbocycles. The van der Waals surface area contributed by atoms with Gasteiger partial charge in [-0.1, -0.05) is 21.7 Å². The maximum Gasteiger partial charge on any atom is 0.148 e. The Balaban J connectivity index is 2.30. The van der Waals surface area contributed by atoms with Crippen LogP contribution in [-0.2, 0) is 4.79 Å². The highest BCUT2D eigenvalue weighted by molar-refractivity contribution is 7.40. The van der Waals surface area contributed by atoms with Crippen LogP contribution in [0.25, 0.3) is 5.70 Å². The Bertz CT molecular complexity index is 422. The molecule has 19 heavy (non-hydrogen) atoms. The van der Waals surface area contributed by atoms with E-state index in [0.29, 0.717) is 24.4 Å². The summed E-state index contributed by atoms with van der Waals surface area (Å²) < 4.78 is 0. The number of unbranched alkanes of at least 4 members (excludes halogenated alkanes) is 2. The van der Waals surface area contributed by atoms with Crippen LogP contribution in [0.3, 0.4) is 0 Å². The predicted molar refractivity (Wildman–Crippen MR) is 80.5 cm³/mol. The molecule has 1 aromatic rings. The number of hydrogen-bond donors (Lipinski definition) is 2. The number of rotatable bonds is 8. The average Bonchev–Trinajstić information content (AvgIpc) is 2.39. The van der Waals surface area contributed by atoms with E-state index in [2.05, 4.69) is 14.2 Å². The van der Waals surface area contributed by atoms with Gasteiger partial charge in [0.05, 0.1) is 11.4 Å². The first-order valence-corrected chi connectivity index (χ1v) is 6.85. The molecule has 0 aromatic carbocycles. The number of pyridine rings is 1. The zero-order valence-corrected chi connectivity index (χ0v) is 12.1. The van der Waals surface area contributed by atoms with Crippen LogP contribution in [0.1, 0.15) is 31.4 Å². The Kier molecular flexibility index (Phi) is 7.08. The van der Waals surface area contributed by atoms with E-state index in [1.54, 1.807) is 17.4 Å². The Morgan fingerprint density at radius 2 is 2.16 bits per heavy atom. The number of hydrogen-bond acceptors (Lipinski definition) is 5. The SMILES string of the molecule is N/C(=C\N(N)CCCCCC(=O)P)c1ccccn1. The van der Waals surface area contributed by atoms with Gasteiger partial charge < -0.3 is 10.7 Å². The Labute approximate surface area is 116 Å². The van der Waals surface area contributed by atoms with E-state index in [9.17, 15) is 4.79 Å². The summed E-state index contributed by atoms with van der Waals surface area (Å²) in [5, 5.41) is 1.56. The van der Waals surface area contributed by atoms with Crippen LogP contribution in [0.15, 0.2) is 30.6 Å². The minimum absolute atomic E-state index is 0.156. The van der Waals surface area contributed by atoms with Crippen LogP contribution in [-0.4, -0.2) is 22.1 Å². The third-order valence-electron chi connectivity index (χ3n) is 2.61. The van der Waals surface area contributed by atoms with Crippen molar-refractivity contribution < 1.29 is 4.79 Å². The highest BCUT2D eigenvalue weighted by atomic mass is 31.0. The molecule has 1 heterocycles. The molecule has 0 radical (unpaired) electrons. The van der Waals surface area contributed by atoms with Crippen LogP contribution in [0.2, 0.25) is 0 Å².